The van der Waals surface area contributed by atoms with E-state index in [2.05, 4.69) is 4.90 Å². The summed E-state index contributed by atoms with van der Waals surface area (Å²) in [4.78, 5) is 27.2. The molecule has 2 aliphatic rings. The Morgan fingerprint density at radius 1 is 1.03 bits per heavy atom. The second-order valence-electron chi connectivity index (χ2n) is 8.99. The molecular formula is C26H29N3O5S. The first kappa shape index (κ1) is 23.6. The van der Waals surface area contributed by atoms with Gasteiger partial charge in [0.2, 0.25) is 0 Å². The van der Waals surface area contributed by atoms with E-state index in [1.165, 1.54) is 4.31 Å². The summed E-state index contributed by atoms with van der Waals surface area (Å²) >= 11 is 0. The molecule has 1 unspecified atom stereocenters. The maximum Gasteiger partial charge on any atom is 0.274 e. The smallest absolute Gasteiger partial charge is 0.274 e. The first-order valence-electron chi connectivity index (χ1n) is 11.8. The van der Waals surface area contributed by atoms with Crippen molar-refractivity contribution in [1.82, 2.24) is 9.21 Å². The first-order chi connectivity index (χ1) is 16.9. The zero-order valence-electron chi connectivity index (χ0n) is 19.3. The van der Waals surface area contributed by atoms with Gasteiger partial charge in [-0.05, 0) is 49.4 Å². The molecule has 8 nitrogen and oxygen atoms in total. The van der Waals surface area contributed by atoms with Gasteiger partial charge < -0.3 is 10.5 Å². The van der Waals surface area contributed by atoms with Crippen LogP contribution in [0.2, 0.25) is 0 Å². The lowest BCUT2D eigenvalue weighted by atomic mass is 10.0. The van der Waals surface area contributed by atoms with Gasteiger partial charge in [0.05, 0.1) is 16.0 Å². The van der Waals surface area contributed by atoms with Gasteiger partial charge >= 0.3 is 0 Å². The summed E-state index contributed by atoms with van der Waals surface area (Å²) in [6.07, 6.45) is 2.25. The zero-order chi connectivity index (χ0) is 24.6. The molecule has 2 aliphatic heterocycles. The summed E-state index contributed by atoms with van der Waals surface area (Å²) < 4.78 is 28.7. The molecule has 3 aromatic rings. The Morgan fingerprint density at radius 2 is 1.77 bits per heavy atom. The van der Waals surface area contributed by atoms with Crippen molar-refractivity contribution in [2.45, 2.75) is 30.3 Å². The molecule has 4 N–H and O–H groups in total. The quantitative estimate of drug-likeness (QED) is 0.400. The fraction of sp³-hybridized carbons (Fsp3) is 0.308. The number of fused-ring (bicyclic) bond motifs is 2. The van der Waals surface area contributed by atoms with Crippen LogP contribution in [-0.4, -0.2) is 62.4 Å². The number of carbonyl (C=O) groups excluding carboxylic acids is 2. The van der Waals surface area contributed by atoms with Crippen molar-refractivity contribution in [1.29, 1.82) is 0 Å². The number of amides is 2. The van der Waals surface area contributed by atoms with Crippen LogP contribution in [0.3, 0.4) is 0 Å². The summed E-state index contributed by atoms with van der Waals surface area (Å²) in [6, 6.07) is 18.0. The number of primary amides is 1. The number of rotatable bonds is 8. The standard InChI is InChI=1S/C26H29N3O5S/c27-25(30)22-12-11-18-7-1-2-8-20(18)24(22)34-19-13-16-28(17-19)14-5-6-15-29-26(31)21-9-3-4-10-23(21)35(29,32)33/h1-4,7-12,19,32-33H,5-6,13-17H2,(H2,27,30). The average Bonchev–Trinajstić information content (AvgIpc) is 3.37. The van der Waals surface area contributed by atoms with E-state index in [1.54, 1.807) is 30.3 Å². The third-order valence-corrected chi connectivity index (χ3v) is 8.60. The minimum Gasteiger partial charge on any atom is -0.488 e. The summed E-state index contributed by atoms with van der Waals surface area (Å²) in [5.41, 5.74) is 6.36. The number of nitrogens with zero attached hydrogens (tertiary/aromatic N) is 2. The van der Waals surface area contributed by atoms with Crippen LogP contribution in [0.15, 0.2) is 65.6 Å². The molecule has 1 fully saturated rings. The maximum absolute atomic E-state index is 12.6. The predicted octanol–water partition coefficient (Wildman–Crippen LogP) is 4.35. The number of nitrogens with two attached hydrogens (primary N) is 1. The molecule has 9 heteroatoms. The number of hydrogen-bond donors (Lipinski definition) is 3. The van der Waals surface area contributed by atoms with Crippen molar-refractivity contribution in [3.8, 4) is 5.75 Å². The van der Waals surface area contributed by atoms with E-state index in [4.69, 9.17) is 10.5 Å². The lowest BCUT2D eigenvalue weighted by Crippen LogP contribution is -2.30. The van der Waals surface area contributed by atoms with Crippen LogP contribution in [0.1, 0.15) is 40.0 Å². The number of ether oxygens (including phenoxy) is 1. The third kappa shape index (κ3) is 4.48. The van der Waals surface area contributed by atoms with Gasteiger partial charge in [-0.25, -0.2) is 4.31 Å². The van der Waals surface area contributed by atoms with Gasteiger partial charge in [-0.2, -0.15) is 0 Å². The molecule has 0 aromatic heterocycles. The van der Waals surface area contributed by atoms with Crippen molar-refractivity contribution in [2.24, 2.45) is 5.73 Å². The number of likely N-dealkylation sites (tertiary alicyclic amines) is 1. The number of hydrogen-bond acceptors (Lipinski definition) is 6. The second-order valence-corrected chi connectivity index (χ2v) is 10.9. The molecule has 35 heavy (non-hydrogen) atoms. The summed E-state index contributed by atoms with van der Waals surface area (Å²) in [6.45, 7) is 2.70. The summed E-state index contributed by atoms with van der Waals surface area (Å²) in [5.74, 6) is -0.291. The molecule has 0 saturated carbocycles. The molecule has 3 aromatic carbocycles. The summed E-state index contributed by atoms with van der Waals surface area (Å²) in [5, 5.41) is 1.87. The fourth-order valence-corrected chi connectivity index (χ4v) is 6.56. The van der Waals surface area contributed by atoms with E-state index in [0.717, 1.165) is 43.2 Å². The SMILES string of the molecule is NC(=O)c1ccc2ccccc2c1OC1CCN(CCCCN2C(=O)c3ccccc3S2(O)O)C1. The van der Waals surface area contributed by atoms with E-state index in [0.29, 0.717) is 34.7 Å². The predicted molar refractivity (Wildman–Crippen MR) is 136 cm³/mol. The Labute approximate surface area is 205 Å². The van der Waals surface area contributed by atoms with Crippen LogP contribution in [0.5, 0.6) is 5.75 Å². The van der Waals surface area contributed by atoms with Crippen molar-refractivity contribution in [2.75, 3.05) is 26.2 Å². The van der Waals surface area contributed by atoms with Crippen molar-refractivity contribution in [3.63, 3.8) is 0 Å². The van der Waals surface area contributed by atoms with Crippen LogP contribution in [0, 0.1) is 0 Å². The molecule has 0 radical (unpaired) electrons. The van der Waals surface area contributed by atoms with Gasteiger partial charge in [0, 0.05) is 25.0 Å². The minimum absolute atomic E-state index is 0.0551. The molecule has 2 amide bonds. The maximum atomic E-state index is 12.6. The first-order valence-corrected chi connectivity index (χ1v) is 13.3. The molecule has 2 heterocycles. The molecule has 0 bridgehead atoms. The van der Waals surface area contributed by atoms with Gasteiger partial charge in [0.1, 0.15) is 11.9 Å². The highest BCUT2D eigenvalue weighted by Crippen LogP contribution is 2.58. The normalized spacial score (nSPS) is 20.2. The van der Waals surface area contributed by atoms with Gasteiger partial charge in [0.25, 0.3) is 11.8 Å². The fourth-order valence-electron chi connectivity index (χ4n) is 4.90. The van der Waals surface area contributed by atoms with Gasteiger partial charge in [0.15, 0.2) is 0 Å². The molecule has 0 spiro atoms. The third-order valence-electron chi connectivity index (χ3n) is 6.69. The zero-order valence-corrected chi connectivity index (χ0v) is 20.1. The Hall–Kier alpha value is -3.11. The second kappa shape index (κ2) is 9.50. The van der Waals surface area contributed by atoms with Crippen LogP contribution >= 0.6 is 10.8 Å². The Bertz CT molecular complexity index is 1280. The molecular weight excluding hydrogens is 466 g/mol. The molecule has 0 aliphatic carbocycles. The van der Waals surface area contributed by atoms with E-state index < -0.39 is 16.7 Å². The highest BCUT2D eigenvalue weighted by atomic mass is 32.3. The van der Waals surface area contributed by atoms with Gasteiger partial charge in [-0.1, -0.05) is 53.2 Å². The van der Waals surface area contributed by atoms with E-state index in [-0.39, 0.29) is 12.0 Å². The van der Waals surface area contributed by atoms with Crippen LogP contribution < -0.4 is 10.5 Å². The highest BCUT2D eigenvalue weighted by Gasteiger charge is 2.40. The van der Waals surface area contributed by atoms with Crippen LogP contribution in [0.4, 0.5) is 0 Å². The van der Waals surface area contributed by atoms with Crippen molar-refractivity contribution < 1.29 is 23.4 Å². The van der Waals surface area contributed by atoms with Crippen molar-refractivity contribution in [3.05, 3.63) is 71.8 Å². The topological polar surface area (TPSA) is 116 Å². The van der Waals surface area contributed by atoms with Crippen molar-refractivity contribution >= 4 is 33.4 Å². The lowest BCUT2D eigenvalue weighted by Gasteiger charge is -2.37. The monoisotopic (exact) mass is 495 g/mol. The largest absolute Gasteiger partial charge is 0.488 e. The number of unbranched alkanes of at least 4 members (excludes halogenated alkanes) is 1. The number of benzene rings is 3. The van der Waals surface area contributed by atoms with Gasteiger partial charge in [-0.15, -0.1) is 0 Å². The van der Waals surface area contributed by atoms with E-state index in [1.807, 2.05) is 30.3 Å². The van der Waals surface area contributed by atoms with E-state index >= 15 is 0 Å². The summed E-state index contributed by atoms with van der Waals surface area (Å²) in [7, 11) is -3.26. The highest BCUT2D eigenvalue weighted by molar-refractivity contribution is 8.23. The molecule has 1 atom stereocenters. The van der Waals surface area contributed by atoms with Crippen LogP contribution in [0.25, 0.3) is 10.8 Å². The molecule has 184 valence electrons. The van der Waals surface area contributed by atoms with Crippen LogP contribution in [-0.2, 0) is 0 Å². The Balaban J connectivity index is 1.16. The molecule has 1 saturated heterocycles. The average molecular weight is 496 g/mol. The van der Waals surface area contributed by atoms with Gasteiger partial charge in [-0.3, -0.25) is 23.6 Å². The Morgan fingerprint density at radius 3 is 2.57 bits per heavy atom. The number of carbonyl (C=O) groups is 2. The minimum atomic E-state index is -3.26. The molecule has 5 rings (SSSR count). The Kier molecular flexibility index (Phi) is 6.41. The van der Waals surface area contributed by atoms with E-state index in [9.17, 15) is 18.7 Å². The lowest BCUT2D eigenvalue weighted by molar-refractivity contribution is 0.0859.